The molecule has 0 bridgehead atoms. The molecule has 4 nitrogen and oxygen atoms in total. The molecule has 0 saturated heterocycles. The van der Waals surface area contributed by atoms with Gasteiger partial charge in [-0.1, -0.05) is 166 Å². The summed E-state index contributed by atoms with van der Waals surface area (Å²) < 4.78 is 11.0. The fraction of sp³-hybridized carbons (Fsp3) is 0.628. The number of carbonyl (C=O) groups is 2. The number of rotatable bonds is 29. The molecule has 0 aliphatic carbocycles. The van der Waals surface area contributed by atoms with Crippen LogP contribution in [0, 0.1) is 0 Å². The second-order valence-electron chi connectivity index (χ2n) is 13.2. The van der Waals surface area contributed by atoms with Crippen LogP contribution in [0.25, 0.3) is 11.1 Å². The van der Waals surface area contributed by atoms with Crippen molar-refractivity contribution in [2.24, 2.45) is 0 Å². The maximum Gasteiger partial charge on any atom is 0.345 e. The van der Waals surface area contributed by atoms with Crippen molar-refractivity contribution in [3.05, 3.63) is 66.2 Å². The molecule has 0 aliphatic heterocycles. The number of hydrogen-bond acceptors (Lipinski definition) is 4. The Labute approximate surface area is 288 Å². The van der Waals surface area contributed by atoms with Crippen LogP contribution in [0.2, 0.25) is 0 Å². The topological polar surface area (TPSA) is 52.6 Å². The fourth-order valence-electron chi connectivity index (χ4n) is 5.88. The highest BCUT2D eigenvalue weighted by Crippen LogP contribution is 2.23. The summed E-state index contributed by atoms with van der Waals surface area (Å²) in [5, 5.41) is 0. The van der Waals surface area contributed by atoms with Crippen LogP contribution in [0.4, 0.5) is 0 Å². The Morgan fingerprint density at radius 3 is 1.45 bits per heavy atom. The Kier molecular flexibility index (Phi) is 24.1. The smallest absolute Gasteiger partial charge is 0.345 e. The lowest BCUT2D eigenvalue weighted by Crippen LogP contribution is -2.12. The zero-order valence-corrected chi connectivity index (χ0v) is 30.1. The number of ether oxygens (including phenoxy) is 2. The van der Waals surface area contributed by atoms with Crippen LogP contribution in [-0.2, 0) is 9.53 Å². The predicted octanol–water partition coefficient (Wildman–Crippen LogP) is 13.4. The molecule has 0 saturated carbocycles. The normalized spacial score (nSPS) is 11.3. The van der Waals surface area contributed by atoms with Gasteiger partial charge in [-0.15, -0.1) is 0 Å². The number of unbranched alkanes of at least 4 members (excludes halogenated alkanes) is 20. The molecule has 47 heavy (non-hydrogen) atoms. The van der Waals surface area contributed by atoms with Crippen LogP contribution in [-0.4, -0.2) is 18.5 Å². The molecule has 0 spiro atoms. The summed E-state index contributed by atoms with van der Waals surface area (Å²) >= 11 is 0. The largest absolute Gasteiger partial charge is 0.494 e. The van der Waals surface area contributed by atoms with E-state index in [2.05, 4.69) is 26.0 Å². The van der Waals surface area contributed by atoms with Gasteiger partial charge in [0, 0.05) is 6.42 Å². The zero-order valence-electron chi connectivity index (χ0n) is 30.1. The van der Waals surface area contributed by atoms with E-state index in [4.69, 9.17) is 9.47 Å². The molecule has 0 atom stereocenters. The predicted molar refractivity (Wildman–Crippen MR) is 199 cm³/mol. The van der Waals surface area contributed by atoms with Crippen molar-refractivity contribution in [3.8, 4) is 16.9 Å². The highest BCUT2D eigenvalue weighted by atomic mass is 16.6. The number of hydrogen-bond donors (Lipinski definition) is 0. The first-order chi connectivity index (χ1) is 23.1. The van der Waals surface area contributed by atoms with E-state index in [0.29, 0.717) is 12.0 Å². The van der Waals surface area contributed by atoms with Crippen molar-refractivity contribution >= 4 is 11.9 Å². The van der Waals surface area contributed by atoms with E-state index in [1.165, 1.54) is 122 Å². The van der Waals surface area contributed by atoms with E-state index >= 15 is 0 Å². The molecule has 0 amide bonds. The average molecular weight is 647 g/mol. The molecule has 262 valence electrons. The van der Waals surface area contributed by atoms with E-state index in [0.717, 1.165) is 42.7 Å². The second kappa shape index (κ2) is 28.2. The molecule has 0 aromatic heterocycles. The second-order valence-corrected chi connectivity index (χ2v) is 13.2. The summed E-state index contributed by atoms with van der Waals surface area (Å²) in [6.07, 6.45) is 34.0. The summed E-state index contributed by atoms with van der Waals surface area (Å²) in [6, 6.07) is 15.3. The lowest BCUT2D eigenvalue weighted by Gasteiger charge is -2.08. The van der Waals surface area contributed by atoms with Gasteiger partial charge in [0.25, 0.3) is 0 Å². The maximum absolute atomic E-state index is 12.5. The SMILES string of the molecule is CCCCCCCCCCCCCC/C=C\CCCC(=O)OC(=O)c1ccc(-c2ccc(OCCCCCCCCCC)cc2)cc1. The molecule has 2 aromatic carbocycles. The molecule has 0 aliphatic rings. The first-order valence-electron chi connectivity index (χ1n) is 19.4. The van der Waals surface area contributed by atoms with Gasteiger partial charge in [-0.2, -0.15) is 0 Å². The van der Waals surface area contributed by atoms with E-state index < -0.39 is 11.9 Å². The Hall–Kier alpha value is -2.88. The zero-order chi connectivity index (χ0) is 33.6. The third-order valence-electron chi connectivity index (χ3n) is 8.92. The van der Waals surface area contributed by atoms with E-state index in [1.54, 1.807) is 12.1 Å². The summed E-state index contributed by atoms with van der Waals surface area (Å²) in [6.45, 7) is 5.28. The Morgan fingerprint density at radius 1 is 0.511 bits per heavy atom. The van der Waals surface area contributed by atoms with Gasteiger partial charge in [0.1, 0.15) is 5.75 Å². The number of esters is 2. The van der Waals surface area contributed by atoms with Gasteiger partial charge in [-0.3, -0.25) is 4.79 Å². The maximum atomic E-state index is 12.5. The van der Waals surface area contributed by atoms with Gasteiger partial charge in [0.2, 0.25) is 0 Å². The molecule has 0 unspecified atom stereocenters. The van der Waals surface area contributed by atoms with E-state index in [-0.39, 0.29) is 6.42 Å². The molecule has 4 heteroatoms. The number of carbonyl (C=O) groups excluding carboxylic acids is 2. The van der Waals surface area contributed by atoms with E-state index in [9.17, 15) is 9.59 Å². The standard InChI is InChI=1S/C43H66O4/c1-3-5-7-9-11-13-14-15-16-17-18-19-20-21-22-24-26-28-42(44)47-43(45)40-31-29-38(30-32-40)39-33-35-41(36-34-39)46-37-27-25-23-12-10-8-6-4-2/h21-22,29-36H,3-20,23-28,37H2,1-2H3/b22-21-. The van der Waals surface area contributed by atoms with Crippen LogP contribution in [0.1, 0.15) is 178 Å². The molecular formula is C43H66O4. The quantitative estimate of drug-likeness (QED) is 0.0382. The summed E-state index contributed by atoms with van der Waals surface area (Å²) in [5.41, 5.74) is 2.43. The minimum Gasteiger partial charge on any atom is -0.494 e. The van der Waals surface area contributed by atoms with Gasteiger partial charge in [-0.25, -0.2) is 4.79 Å². The van der Waals surface area contributed by atoms with Crippen molar-refractivity contribution in [3.63, 3.8) is 0 Å². The van der Waals surface area contributed by atoms with Crippen LogP contribution in [0.15, 0.2) is 60.7 Å². The third kappa shape index (κ3) is 20.9. The molecule has 2 aromatic rings. The fourth-order valence-corrected chi connectivity index (χ4v) is 5.88. The highest BCUT2D eigenvalue weighted by Gasteiger charge is 2.13. The van der Waals surface area contributed by atoms with Crippen molar-refractivity contribution < 1.29 is 19.1 Å². The average Bonchev–Trinajstić information content (AvgIpc) is 3.09. The number of allylic oxidation sites excluding steroid dienone is 2. The molecule has 2 rings (SSSR count). The lowest BCUT2D eigenvalue weighted by molar-refractivity contribution is -0.138. The molecule has 0 N–H and O–H groups in total. The monoisotopic (exact) mass is 646 g/mol. The van der Waals surface area contributed by atoms with Crippen LogP contribution < -0.4 is 4.74 Å². The summed E-state index contributed by atoms with van der Waals surface area (Å²) in [5.74, 6) is -0.171. The van der Waals surface area contributed by atoms with Crippen molar-refractivity contribution in [2.75, 3.05) is 6.61 Å². The Balaban J connectivity index is 1.51. The van der Waals surface area contributed by atoms with Gasteiger partial charge < -0.3 is 9.47 Å². The molecule has 0 fully saturated rings. The van der Waals surface area contributed by atoms with Crippen LogP contribution >= 0.6 is 0 Å². The van der Waals surface area contributed by atoms with Crippen LogP contribution in [0.5, 0.6) is 5.75 Å². The van der Waals surface area contributed by atoms with Gasteiger partial charge in [0.15, 0.2) is 0 Å². The van der Waals surface area contributed by atoms with Crippen molar-refractivity contribution in [1.82, 2.24) is 0 Å². The summed E-state index contributed by atoms with van der Waals surface area (Å²) in [7, 11) is 0. The minimum atomic E-state index is -0.589. The minimum absolute atomic E-state index is 0.250. The van der Waals surface area contributed by atoms with Gasteiger partial charge in [-0.05, 0) is 67.5 Å². The van der Waals surface area contributed by atoms with Crippen molar-refractivity contribution in [2.45, 2.75) is 168 Å². The van der Waals surface area contributed by atoms with Crippen LogP contribution in [0.3, 0.4) is 0 Å². The first-order valence-corrected chi connectivity index (χ1v) is 19.4. The summed E-state index contributed by atoms with van der Waals surface area (Å²) in [4.78, 5) is 24.7. The molecule has 0 radical (unpaired) electrons. The first kappa shape index (κ1) is 40.3. The molecular weight excluding hydrogens is 580 g/mol. The van der Waals surface area contributed by atoms with Gasteiger partial charge >= 0.3 is 11.9 Å². The lowest BCUT2D eigenvalue weighted by atomic mass is 10.0. The number of benzene rings is 2. The Bertz CT molecular complexity index is 1070. The Morgan fingerprint density at radius 2 is 0.936 bits per heavy atom. The van der Waals surface area contributed by atoms with E-state index in [1.807, 2.05) is 36.4 Å². The highest BCUT2D eigenvalue weighted by molar-refractivity contribution is 5.97. The van der Waals surface area contributed by atoms with Gasteiger partial charge in [0.05, 0.1) is 12.2 Å². The molecule has 0 heterocycles. The third-order valence-corrected chi connectivity index (χ3v) is 8.92. The van der Waals surface area contributed by atoms with Crippen molar-refractivity contribution in [1.29, 1.82) is 0 Å².